The number of nitrogens with zero attached hydrogens (tertiary/aromatic N) is 6. The molecule has 1 N–H and O–H groups in total. The minimum Gasteiger partial charge on any atom is -0.353 e. The Morgan fingerprint density at radius 3 is 2.39 bits per heavy atom. The number of rotatable bonds is 6. The normalized spacial score (nSPS) is 14.3. The molecule has 3 aromatic rings. The molecule has 162 valence electrons. The average Bonchev–Trinajstić information content (AvgIpc) is 3.28. The van der Waals surface area contributed by atoms with Crippen molar-refractivity contribution in [2.24, 2.45) is 0 Å². The molecule has 1 saturated heterocycles. The molecule has 0 aliphatic carbocycles. The summed E-state index contributed by atoms with van der Waals surface area (Å²) in [6, 6.07) is 11.7. The predicted molar refractivity (Wildman–Crippen MR) is 121 cm³/mol. The van der Waals surface area contributed by atoms with Crippen molar-refractivity contribution < 1.29 is 4.79 Å². The van der Waals surface area contributed by atoms with Crippen molar-refractivity contribution in [3.8, 4) is 11.4 Å². The highest BCUT2D eigenvalue weighted by atomic mass is 16.2. The summed E-state index contributed by atoms with van der Waals surface area (Å²) in [7, 11) is 4.10. The van der Waals surface area contributed by atoms with Gasteiger partial charge in [0, 0.05) is 56.5 Å². The van der Waals surface area contributed by atoms with E-state index in [-0.39, 0.29) is 5.91 Å². The van der Waals surface area contributed by atoms with Crippen LogP contribution in [0.3, 0.4) is 0 Å². The highest BCUT2D eigenvalue weighted by Gasteiger charge is 2.23. The Balaban J connectivity index is 1.34. The van der Waals surface area contributed by atoms with Crippen LogP contribution in [0.4, 0.5) is 5.82 Å². The van der Waals surface area contributed by atoms with Crippen LogP contribution < -0.4 is 4.90 Å². The first-order chi connectivity index (χ1) is 15.0. The van der Waals surface area contributed by atoms with Crippen molar-refractivity contribution >= 4 is 11.7 Å². The zero-order chi connectivity index (χ0) is 21.8. The summed E-state index contributed by atoms with van der Waals surface area (Å²) in [6.45, 7) is 5.83. The highest BCUT2D eigenvalue weighted by Crippen LogP contribution is 2.19. The van der Waals surface area contributed by atoms with Crippen LogP contribution >= 0.6 is 0 Å². The zero-order valence-corrected chi connectivity index (χ0v) is 18.4. The molecule has 1 aliphatic rings. The van der Waals surface area contributed by atoms with Crippen LogP contribution in [-0.4, -0.2) is 76.1 Å². The number of nitrogens with one attached hydrogen (secondary N) is 1. The summed E-state index contributed by atoms with van der Waals surface area (Å²) in [4.78, 5) is 28.3. The smallest absolute Gasteiger partial charge is 0.253 e. The summed E-state index contributed by atoms with van der Waals surface area (Å²) in [5.41, 5.74) is 2.79. The van der Waals surface area contributed by atoms with E-state index in [0.717, 1.165) is 43.3 Å². The van der Waals surface area contributed by atoms with Crippen LogP contribution in [0.2, 0.25) is 0 Å². The van der Waals surface area contributed by atoms with E-state index >= 15 is 0 Å². The van der Waals surface area contributed by atoms with Crippen molar-refractivity contribution in [2.75, 3.05) is 45.2 Å². The van der Waals surface area contributed by atoms with Gasteiger partial charge in [0.05, 0.1) is 0 Å². The SMILES string of the molecule is CCc1nc(-c2ccc(C(=O)N3CCN(c4ccc(CN(C)C)cn4)CC3)cc2)n[nH]1. The standard InChI is InChI=1S/C23H29N7O/c1-4-20-25-22(27-26-20)18-6-8-19(9-7-18)23(31)30-13-11-29(12-14-30)21-10-5-17(15-24-21)16-28(2)3/h5-10,15H,4,11-14,16H2,1-3H3,(H,25,26,27). The molecule has 1 fully saturated rings. The van der Waals surface area contributed by atoms with E-state index in [1.807, 2.05) is 56.4 Å². The number of aromatic amines is 1. The second-order valence-electron chi connectivity index (χ2n) is 8.08. The van der Waals surface area contributed by atoms with Crippen molar-refractivity contribution in [3.05, 3.63) is 59.5 Å². The lowest BCUT2D eigenvalue weighted by molar-refractivity contribution is 0.0746. The molecule has 2 aromatic heterocycles. The number of H-pyrrole nitrogens is 1. The quantitative estimate of drug-likeness (QED) is 0.661. The average molecular weight is 420 g/mol. The lowest BCUT2D eigenvalue weighted by Crippen LogP contribution is -2.49. The van der Waals surface area contributed by atoms with Crippen LogP contribution in [0.15, 0.2) is 42.6 Å². The maximum atomic E-state index is 12.9. The number of piperazine rings is 1. The van der Waals surface area contributed by atoms with Crippen LogP contribution in [0.5, 0.6) is 0 Å². The minimum atomic E-state index is 0.0599. The number of anilines is 1. The van der Waals surface area contributed by atoms with Gasteiger partial charge < -0.3 is 14.7 Å². The van der Waals surface area contributed by atoms with E-state index < -0.39 is 0 Å². The van der Waals surface area contributed by atoms with Crippen molar-refractivity contribution in [1.29, 1.82) is 0 Å². The molecule has 0 spiro atoms. The largest absolute Gasteiger partial charge is 0.353 e. The maximum Gasteiger partial charge on any atom is 0.253 e. The molecule has 8 nitrogen and oxygen atoms in total. The molecule has 1 aromatic carbocycles. The first-order valence-corrected chi connectivity index (χ1v) is 10.7. The van der Waals surface area contributed by atoms with Gasteiger partial charge in [0.2, 0.25) is 0 Å². The molecule has 4 rings (SSSR count). The Bertz CT molecular complexity index is 1000. The third-order valence-corrected chi connectivity index (χ3v) is 5.46. The van der Waals surface area contributed by atoms with Gasteiger partial charge in [-0.05, 0) is 37.9 Å². The molecule has 0 atom stereocenters. The van der Waals surface area contributed by atoms with Gasteiger partial charge in [0.15, 0.2) is 5.82 Å². The maximum absolute atomic E-state index is 12.9. The Labute approximate surface area is 182 Å². The molecular weight excluding hydrogens is 390 g/mol. The second kappa shape index (κ2) is 9.26. The fourth-order valence-electron chi connectivity index (χ4n) is 3.73. The number of aryl methyl sites for hydroxylation is 1. The van der Waals surface area contributed by atoms with E-state index in [4.69, 9.17) is 0 Å². The third kappa shape index (κ3) is 4.91. The van der Waals surface area contributed by atoms with E-state index in [2.05, 4.69) is 42.1 Å². The summed E-state index contributed by atoms with van der Waals surface area (Å²) in [6.07, 6.45) is 2.75. The van der Waals surface area contributed by atoms with Crippen LogP contribution in [0, 0.1) is 0 Å². The summed E-state index contributed by atoms with van der Waals surface area (Å²) < 4.78 is 0. The lowest BCUT2D eigenvalue weighted by Gasteiger charge is -2.35. The van der Waals surface area contributed by atoms with E-state index in [1.165, 1.54) is 5.56 Å². The minimum absolute atomic E-state index is 0.0599. The first kappa shape index (κ1) is 21.0. The van der Waals surface area contributed by atoms with Gasteiger partial charge >= 0.3 is 0 Å². The predicted octanol–water partition coefficient (Wildman–Crippen LogP) is 2.45. The molecule has 0 radical (unpaired) electrons. The number of carbonyl (C=O) groups excluding carboxylic acids is 1. The number of aromatic nitrogens is 4. The second-order valence-corrected chi connectivity index (χ2v) is 8.08. The monoisotopic (exact) mass is 419 g/mol. The fourth-order valence-corrected chi connectivity index (χ4v) is 3.73. The summed E-state index contributed by atoms with van der Waals surface area (Å²) in [5.74, 6) is 2.55. The van der Waals surface area contributed by atoms with Crippen molar-refractivity contribution in [1.82, 2.24) is 30.0 Å². The van der Waals surface area contributed by atoms with Gasteiger partial charge in [-0.25, -0.2) is 9.97 Å². The number of pyridine rings is 1. The first-order valence-electron chi connectivity index (χ1n) is 10.7. The lowest BCUT2D eigenvalue weighted by atomic mass is 10.1. The van der Waals surface area contributed by atoms with Crippen LogP contribution in [0.25, 0.3) is 11.4 Å². The van der Waals surface area contributed by atoms with E-state index in [9.17, 15) is 4.79 Å². The number of benzene rings is 1. The van der Waals surface area contributed by atoms with Gasteiger partial charge in [-0.15, -0.1) is 0 Å². The van der Waals surface area contributed by atoms with Crippen molar-refractivity contribution in [2.45, 2.75) is 19.9 Å². The molecule has 3 heterocycles. The van der Waals surface area contributed by atoms with E-state index in [0.29, 0.717) is 24.5 Å². The Hall–Kier alpha value is -3.26. The van der Waals surface area contributed by atoms with Crippen molar-refractivity contribution in [3.63, 3.8) is 0 Å². The Morgan fingerprint density at radius 1 is 1.06 bits per heavy atom. The molecule has 0 saturated carbocycles. The van der Waals surface area contributed by atoms with Gasteiger partial charge in [-0.3, -0.25) is 9.89 Å². The fraction of sp³-hybridized carbons (Fsp3) is 0.391. The summed E-state index contributed by atoms with van der Waals surface area (Å²) >= 11 is 0. The number of carbonyl (C=O) groups is 1. The molecule has 8 heteroatoms. The Morgan fingerprint density at radius 2 is 1.81 bits per heavy atom. The number of hydrogen-bond acceptors (Lipinski definition) is 6. The molecule has 0 bridgehead atoms. The molecule has 1 amide bonds. The van der Waals surface area contributed by atoms with Gasteiger partial charge in [0.25, 0.3) is 5.91 Å². The van der Waals surface area contributed by atoms with Crippen LogP contribution in [0.1, 0.15) is 28.7 Å². The molecule has 1 aliphatic heterocycles. The number of amides is 1. The molecule has 31 heavy (non-hydrogen) atoms. The van der Waals surface area contributed by atoms with Gasteiger partial charge in [-0.1, -0.05) is 25.1 Å². The molecular formula is C23H29N7O. The number of hydrogen-bond donors (Lipinski definition) is 1. The van der Waals surface area contributed by atoms with Gasteiger partial charge in [0.1, 0.15) is 11.6 Å². The van der Waals surface area contributed by atoms with Gasteiger partial charge in [-0.2, -0.15) is 5.10 Å². The molecule has 0 unspecified atom stereocenters. The third-order valence-electron chi connectivity index (χ3n) is 5.46. The highest BCUT2D eigenvalue weighted by molar-refractivity contribution is 5.94. The van der Waals surface area contributed by atoms with E-state index in [1.54, 1.807) is 0 Å². The zero-order valence-electron chi connectivity index (χ0n) is 18.4. The topological polar surface area (TPSA) is 81.2 Å². The Kier molecular flexibility index (Phi) is 6.27. The van der Waals surface area contributed by atoms with Crippen LogP contribution in [-0.2, 0) is 13.0 Å². The summed E-state index contributed by atoms with van der Waals surface area (Å²) in [5, 5.41) is 7.16.